The van der Waals surface area contributed by atoms with Crippen LogP contribution in [-0.4, -0.2) is 74.1 Å². The second-order valence-electron chi connectivity index (χ2n) is 15.5. The molecule has 0 rings (SSSR count). The summed E-state index contributed by atoms with van der Waals surface area (Å²) in [6.45, 7) is 13.5. The molecule has 0 aromatic rings. The molecule has 0 saturated carbocycles. The number of unbranched alkanes of at least 4 members (excludes halogenated alkanes) is 21. The molecule has 52 heavy (non-hydrogen) atoms. The second kappa shape index (κ2) is 41.0. The van der Waals surface area contributed by atoms with Crippen molar-refractivity contribution in [1.82, 2.24) is 4.90 Å². The molecular weight excluding hydrogens is 650 g/mol. The van der Waals surface area contributed by atoms with Gasteiger partial charge >= 0.3 is 11.9 Å². The molecule has 7 nitrogen and oxygen atoms in total. The van der Waals surface area contributed by atoms with Gasteiger partial charge in [-0.25, -0.2) is 4.79 Å². The van der Waals surface area contributed by atoms with Crippen LogP contribution >= 0.6 is 0 Å². The fourth-order valence-corrected chi connectivity index (χ4v) is 6.94. The number of esters is 2. The monoisotopic (exact) mass is 740 g/mol. The van der Waals surface area contributed by atoms with E-state index in [2.05, 4.69) is 32.6 Å². The highest BCUT2D eigenvalue weighted by Gasteiger charge is 2.21. The van der Waals surface area contributed by atoms with Gasteiger partial charge in [0.25, 0.3) is 0 Å². The van der Waals surface area contributed by atoms with E-state index in [1.807, 2.05) is 0 Å². The van der Waals surface area contributed by atoms with Crippen LogP contribution in [0.4, 0.5) is 0 Å². The van der Waals surface area contributed by atoms with Crippen molar-refractivity contribution in [3.05, 3.63) is 0 Å². The zero-order chi connectivity index (χ0) is 38.2. The topological polar surface area (TPSA) is 85.3 Å². The van der Waals surface area contributed by atoms with Crippen LogP contribution in [0.15, 0.2) is 0 Å². The molecule has 0 saturated heterocycles. The van der Waals surface area contributed by atoms with Gasteiger partial charge in [0.2, 0.25) is 0 Å². The molecule has 7 heteroatoms. The van der Waals surface area contributed by atoms with E-state index in [1.165, 1.54) is 89.9 Å². The van der Waals surface area contributed by atoms with Crippen LogP contribution in [0.1, 0.15) is 220 Å². The molecular formula is C45H89NO6. The zero-order valence-electron chi connectivity index (χ0n) is 35.3. The lowest BCUT2D eigenvalue weighted by Crippen LogP contribution is -2.29. The number of ether oxygens (including phenoxy) is 3. The molecule has 0 aromatic carbocycles. The third-order valence-corrected chi connectivity index (χ3v) is 10.4. The maximum absolute atomic E-state index is 12.9. The quantitative estimate of drug-likeness (QED) is 0.0493. The van der Waals surface area contributed by atoms with Gasteiger partial charge in [-0.2, -0.15) is 0 Å². The van der Waals surface area contributed by atoms with Gasteiger partial charge in [0.15, 0.2) is 6.10 Å². The van der Waals surface area contributed by atoms with Crippen LogP contribution in [-0.2, 0) is 23.8 Å². The van der Waals surface area contributed by atoms with Crippen LogP contribution in [0.3, 0.4) is 0 Å². The molecule has 310 valence electrons. The lowest BCUT2D eigenvalue weighted by Gasteiger charge is -2.21. The summed E-state index contributed by atoms with van der Waals surface area (Å²) in [6, 6.07) is 0. The molecule has 2 atom stereocenters. The van der Waals surface area contributed by atoms with E-state index in [9.17, 15) is 14.7 Å². The number of carbonyl (C=O) groups excluding carboxylic acids is 2. The van der Waals surface area contributed by atoms with Crippen LogP contribution in [0.5, 0.6) is 0 Å². The molecule has 0 spiro atoms. The number of carbonyl (C=O) groups is 2. The lowest BCUT2D eigenvalue weighted by molar-refractivity contribution is -0.158. The van der Waals surface area contributed by atoms with Crippen molar-refractivity contribution in [3.8, 4) is 0 Å². The molecule has 0 aliphatic carbocycles. The van der Waals surface area contributed by atoms with E-state index in [1.54, 1.807) is 0 Å². The lowest BCUT2D eigenvalue weighted by atomic mass is 9.94. The van der Waals surface area contributed by atoms with Crippen LogP contribution < -0.4 is 0 Å². The third kappa shape index (κ3) is 33.4. The van der Waals surface area contributed by atoms with Gasteiger partial charge in [-0.3, -0.25) is 4.79 Å². The smallest absolute Gasteiger partial charge is 0.335 e. The summed E-state index contributed by atoms with van der Waals surface area (Å²) in [7, 11) is 0. The average Bonchev–Trinajstić information content (AvgIpc) is 3.14. The molecule has 0 aliphatic rings. The Morgan fingerprint density at radius 1 is 0.442 bits per heavy atom. The standard InChI is InChI=1S/C45H89NO6/c1-5-9-13-17-18-25-33-42(32-24-15-11-7-3)44(48)51-40-30-22-19-27-35-46(37-38-47)36-28-20-23-31-41-52-45(49)43(34-26-16-12-8-4)50-39-29-21-14-10-6-2/h42-43,47H,5-41H2,1-4H3. The van der Waals surface area contributed by atoms with Crippen molar-refractivity contribution in [3.63, 3.8) is 0 Å². The Morgan fingerprint density at radius 2 is 0.827 bits per heavy atom. The normalized spacial score (nSPS) is 12.7. The van der Waals surface area contributed by atoms with Crippen LogP contribution in [0.25, 0.3) is 0 Å². The first kappa shape index (κ1) is 50.8. The minimum absolute atomic E-state index is 0.0388. The first-order valence-electron chi connectivity index (χ1n) is 22.8. The molecule has 0 aromatic heterocycles. The zero-order valence-corrected chi connectivity index (χ0v) is 35.3. The molecule has 0 radical (unpaired) electrons. The number of aliphatic hydroxyl groups is 1. The van der Waals surface area contributed by atoms with Crippen molar-refractivity contribution >= 4 is 11.9 Å². The Labute approximate surface area is 323 Å². The average molecular weight is 740 g/mol. The summed E-state index contributed by atoms with van der Waals surface area (Å²) in [4.78, 5) is 28.1. The number of hydrogen-bond donors (Lipinski definition) is 1. The van der Waals surface area contributed by atoms with Crippen molar-refractivity contribution in [2.45, 2.75) is 226 Å². The van der Waals surface area contributed by atoms with Gasteiger partial charge in [0.05, 0.1) is 25.7 Å². The Hall–Kier alpha value is -1.18. The second-order valence-corrected chi connectivity index (χ2v) is 15.5. The van der Waals surface area contributed by atoms with Gasteiger partial charge < -0.3 is 24.2 Å². The first-order chi connectivity index (χ1) is 25.5. The van der Waals surface area contributed by atoms with Gasteiger partial charge in [-0.1, -0.05) is 169 Å². The number of aliphatic hydroxyl groups excluding tert-OH is 1. The maximum atomic E-state index is 12.9. The summed E-state index contributed by atoms with van der Waals surface area (Å²) in [5.74, 6) is -0.0587. The van der Waals surface area contributed by atoms with Crippen molar-refractivity contribution < 1.29 is 28.9 Å². The molecule has 0 fully saturated rings. The molecule has 2 unspecified atom stereocenters. The van der Waals surface area contributed by atoms with Gasteiger partial charge in [-0.15, -0.1) is 0 Å². The highest BCUT2D eigenvalue weighted by Crippen LogP contribution is 2.21. The third-order valence-electron chi connectivity index (χ3n) is 10.4. The highest BCUT2D eigenvalue weighted by molar-refractivity contribution is 5.74. The Balaban J connectivity index is 4.20. The minimum atomic E-state index is -0.415. The molecule has 0 amide bonds. The summed E-state index contributed by atoms with van der Waals surface area (Å²) in [5, 5.41) is 9.59. The SMILES string of the molecule is CCCCCCCCC(CCCCCC)C(=O)OCCCCCCN(CCO)CCCCCCOC(=O)C(CCCCCC)OCCCCCCC. The van der Waals surface area contributed by atoms with Crippen molar-refractivity contribution in [1.29, 1.82) is 0 Å². The van der Waals surface area contributed by atoms with Crippen molar-refractivity contribution in [2.24, 2.45) is 5.92 Å². The molecule has 1 N–H and O–H groups in total. The number of rotatable bonds is 42. The van der Waals surface area contributed by atoms with Gasteiger partial charge in [0.1, 0.15) is 0 Å². The summed E-state index contributed by atoms with van der Waals surface area (Å²) >= 11 is 0. The summed E-state index contributed by atoms with van der Waals surface area (Å²) in [6.07, 6.45) is 33.5. The largest absolute Gasteiger partial charge is 0.465 e. The Morgan fingerprint density at radius 3 is 1.33 bits per heavy atom. The van der Waals surface area contributed by atoms with E-state index in [0.717, 1.165) is 116 Å². The predicted octanol–water partition coefficient (Wildman–Crippen LogP) is 12.2. The van der Waals surface area contributed by atoms with E-state index >= 15 is 0 Å². The Kier molecular flexibility index (Phi) is 40.1. The first-order valence-corrected chi connectivity index (χ1v) is 22.8. The maximum Gasteiger partial charge on any atom is 0.335 e. The fourth-order valence-electron chi connectivity index (χ4n) is 6.94. The van der Waals surface area contributed by atoms with E-state index < -0.39 is 6.10 Å². The van der Waals surface area contributed by atoms with Crippen molar-refractivity contribution in [2.75, 3.05) is 46.1 Å². The molecule has 0 aliphatic heterocycles. The molecule has 0 bridgehead atoms. The fraction of sp³-hybridized carbons (Fsp3) is 0.956. The summed E-state index contributed by atoms with van der Waals surface area (Å²) < 4.78 is 17.4. The number of nitrogens with zero attached hydrogens (tertiary/aromatic N) is 1. The predicted molar refractivity (Wildman–Crippen MR) is 220 cm³/mol. The van der Waals surface area contributed by atoms with Crippen LogP contribution in [0, 0.1) is 5.92 Å². The van der Waals surface area contributed by atoms with E-state index in [0.29, 0.717) is 26.4 Å². The highest BCUT2D eigenvalue weighted by atomic mass is 16.6. The van der Waals surface area contributed by atoms with Gasteiger partial charge in [-0.05, 0) is 64.5 Å². The Bertz CT molecular complexity index is 691. The van der Waals surface area contributed by atoms with E-state index in [-0.39, 0.29) is 24.5 Å². The number of hydrogen-bond acceptors (Lipinski definition) is 7. The van der Waals surface area contributed by atoms with Gasteiger partial charge in [0, 0.05) is 13.2 Å². The van der Waals surface area contributed by atoms with Crippen LogP contribution in [0.2, 0.25) is 0 Å². The van der Waals surface area contributed by atoms with E-state index in [4.69, 9.17) is 14.2 Å². The summed E-state index contributed by atoms with van der Waals surface area (Å²) in [5.41, 5.74) is 0. The molecule has 0 heterocycles. The minimum Gasteiger partial charge on any atom is -0.465 e.